The highest BCUT2D eigenvalue weighted by Gasteiger charge is 2.18. The van der Waals surface area contributed by atoms with Gasteiger partial charge in [-0.25, -0.2) is 14.4 Å². The van der Waals surface area contributed by atoms with Crippen molar-refractivity contribution in [2.75, 3.05) is 5.75 Å². The van der Waals surface area contributed by atoms with Crippen LogP contribution in [0.15, 0.2) is 59.2 Å². The van der Waals surface area contributed by atoms with E-state index in [0.29, 0.717) is 15.8 Å². The van der Waals surface area contributed by atoms with Gasteiger partial charge in [-0.1, -0.05) is 41.6 Å². The summed E-state index contributed by atoms with van der Waals surface area (Å²) in [6, 6.07) is 11.4. The Bertz CT molecular complexity index is 1100. The molecule has 0 radical (unpaired) electrons. The molecule has 142 valence electrons. The highest BCUT2D eigenvalue weighted by molar-refractivity contribution is 7.99. The van der Waals surface area contributed by atoms with Crippen molar-refractivity contribution >= 4 is 51.8 Å². The number of thioether (sulfide) groups is 1. The molecule has 0 bridgehead atoms. The van der Waals surface area contributed by atoms with Crippen LogP contribution in [-0.2, 0) is 4.79 Å². The number of nitrogens with one attached hydrogen (secondary N) is 2. The summed E-state index contributed by atoms with van der Waals surface area (Å²) in [6.07, 6.45) is 1.53. The van der Waals surface area contributed by atoms with E-state index in [4.69, 9.17) is 11.6 Å². The Balaban J connectivity index is 1.46. The number of amides is 1. The van der Waals surface area contributed by atoms with Gasteiger partial charge in [0, 0.05) is 11.1 Å². The van der Waals surface area contributed by atoms with Crippen LogP contribution in [0, 0.1) is 5.82 Å². The van der Waals surface area contributed by atoms with Gasteiger partial charge in [0.2, 0.25) is 5.91 Å². The standard InChI is InChI=1S/C19H14ClFN4OS2/c20-12-8-14-18(22-9-12)25-19(23-14)28-10-16(26)24-17(15-2-1-7-27-15)11-3-5-13(21)6-4-11/h1-9,17H,10H2,(H,24,26)(H,22,23,25)/t17-/m0/s1. The Morgan fingerprint density at radius 1 is 1.32 bits per heavy atom. The first-order valence-electron chi connectivity index (χ1n) is 8.31. The minimum absolute atomic E-state index is 0.154. The lowest BCUT2D eigenvalue weighted by atomic mass is 10.1. The van der Waals surface area contributed by atoms with Crippen LogP contribution in [0.3, 0.4) is 0 Å². The first-order valence-corrected chi connectivity index (χ1v) is 10.5. The molecule has 0 fully saturated rings. The third-order valence-corrected chi connectivity index (χ3v) is 5.98. The van der Waals surface area contributed by atoms with Crippen LogP contribution < -0.4 is 5.32 Å². The van der Waals surface area contributed by atoms with Crippen LogP contribution >= 0.6 is 34.7 Å². The maximum absolute atomic E-state index is 13.3. The summed E-state index contributed by atoms with van der Waals surface area (Å²) in [5.41, 5.74) is 2.10. The second kappa shape index (κ2) is 8.30. The Kier molecular flexibility index (Phi) is 5.61. The topological polar surface area (TPSA) is 70.7 Å². The molecule has 2 N–H and O–H groups in total. The van der Waals surface area contributed by atoms with Gasteiger partial charge in [-0.2, -0.15) is 0 Å². The zero-order valence-electron chi connectivity index (χ0n) is 14.4. The van der Waals surface area contributed by atoms with E-state index in [1.807, 2.05) is 17.5 Å². The maximum atomic E-state index is 13.3. The minimum atomic E-state index is -0.329. The zero-order chi connectivity index (χ0) is 19.5. The molecule has 0 spiro atoms. The Morgan fingerprint density at radius 2 is 2.14 bits per heavy atom. The number of nitrogens with zero attached hydrogens (tertiary/aromatic N) is 2. The van der Waals surface area contributed by atoms with Gasteiger partial charge < -0.3 is 10.3 Å². The quantitative estimate of drug-likeness (QED) is 0.429. The summed E-state index contributed by atoms with van der Waals surface area (Å²) in [6.45, 7) is 0. The lowest BCUT2D eigenvalue weighted by molar-refractivity contribution is -0.119. The van der Waals surface area contributed by atoms with Gasteiger partial charge >= 0.3 is 0 Å². The van der Waals surface area contributed by atoms with E-state index < -0.39 is 0 Å². The molecule has 1 aromatic carbocycles. The number of H-pyrrole nitrogens is 1. The monoisotopic (exact) mass is 432 g/mol. The number of rotatable bonds is 6. The number of benzene rings is 1. The molecule has 1 atom stereocenters. The molecule has 28 heavy (non-hydrogen) atoms. The van der Waals surface area contributed by atoms with Crippen LogP contribution in [0.1, 0.15) is 16.5 Å². The number of aromatic nitrogens is 3. The fraction of sp³-hybridized carbons (Fsp3) is 0.105. The van der Waals surface area contributed by atoms with Crippen molar-refractivity contribution in [1.82, 2.24) is 20.3 Å². The van der Waals surface area contributed by atoms with E-state index in [-0.39, 0.29) is 23.5 Å². The summed E-state index contributed by atoms with van der Waals surface area (Å²) in [5.74, 6) is -0.287. The van der Waals surface area contributed by atoms with E-state index in [2.05, 4.69) is 20.3 Å². The average molecular weight is 433 g/mol. The Morgan fingerprint density at radius 3 is 2.89 bits per heavy atom. The fourth-order valence-electron chi connectivity index (χ4n) is 2.69. The third-order valence-electron chi connectivity index (χ3n) is 3.96. The number of thiophene rings is 1. The zero-order valence-corrected chi connectivity index (χ0v) is 16.7. The second-order valence-electron chi connectivity index (χ2n) is 5.92. The van der Waals surface area contributed by atoms with Crippen molar-refractivity contribution in [3.8, 4) is 0 Å². The molecule has 1 amide bonds. The number of aromatic amines is 1. The summed E-state index contributed by atoms with van der Waals surface area (Å²) in [5, 5.41) is 6.07. The molecule has 0 aliphatic heterocycles. The number of hydrogen-bond donors (Lipinski definition) is 2. The second-order valence-corrected chi connectivity index (χ2v) is 8.30. The highest BCUT2D eigenvalue weighted by Crippen LogP contribution is 2.27. The van der Waals surface area contributed by atoms with Crippen molar-refractivity contribution in [1.29, 1.82) is 0 Å². The van der Waals surface area contributed by atoms with Crippen molar-refractivity contribution in [3.05, 3.63) is 75.3 Å². The highest BCUT2D eigenvalue weighted by atomic mass is 35.5. The van der Waals surface area contributed by atoms with Gasteiger partial charge in [-0.05, 0) is 35.2 Å². The van der Waals surface area contributed by atoms with E-state index in [9.17, 15) is 9.18 Å². The summed E-state index contributed by atoms with van der Waals surface area (Å²) < 4.78 is 13.3. The molecule has 0 saturated heterocycles. The molecule has 0 saturated carbocycles. The van der Waals surface area contributed by atoms with Crippen molar-refractivity contribution in [2.24, 2.45) is 0 Å². The summed E-state index contributed by atoms with van der Waals surface area (Å²) in [4.78, 5) is 25.1. The Labute approximate surface area is 173 Å². The van der Waals surface area contributed by atoms with E-state index in [1.54, 1.807) is 18.2 Å². The Hall–Kier alpha value is -2.42. The largest absolute Gasteiger partial charge is 0.344 e. The van der Waals surface area contributed by atoms with E-state index >= 15 is 0 Å². The number of imidazole rings is 1. The van der Waals surface area contributed by atoms with Crippen LogP contribution in [0.25, 0.3) is 11.2 Å². The van der Waals surface area contributed by atoms with E-state index in [0.717, 1.165) is 16.0 Å². The average Bonchev–Trinajstić information content (AvgIpc) is 3.34. The lowest BCUT2D eigenvalue weighted by Crippen LogP contribution is -2.30. The number of halogens is 2. The number of carbonyl (C=O) groups excluding carboxylic acids is 1. The van der Waals surface area contributed by atoms with Crippen molar-refractivity contribution in [3.63, 3.8) is 0 Å². The SMILES string of the molecule is O=C(CSc1nc2ncc(Cl)cc2[nH]1)N[C@@H](c1ccc(F)cc1)c1cccs1. The normalized spacial score (nSPS) is 12.2. The molecule has 4 rings (SSSR count). The maximum Gasteiger partial charge on any atom is 0.231 e. The van der Waals surface area contributed by atoms with Crippen molar-refractivity contribution < 1.29 is 9.18 Å². The molecule has 3 aromatic heterocycles. The molecule has 0 aliphatic rings. The molecule has 4 aromatic rings. The van der Waals surface area contributed by atoms with Crippen LogP contribution in [0.5, 0.6) is 0 Å². The molecule has 0 unspecified atom stereocenters. The number of fused-ring (bicyclic) bond motifs is 1. The molecular weight excluding hydrogens is 419 g/mol. The predicted octanol–water partition coefficient (Wildman–Crippen LogP) is 4.81. The van der Waals surface area contributed by atoms with Gasteiger partial charge in [0.05, 0.1) is 22.3 Å². The lowest BCUT2D eigenvalue weighted by Gasteiger charge is -2.18. The number of carbonyl (C=O) groups is 1. The molecule has 9 heteroatoms. The summed E-state index contributed by atoms with van der Waals surface area (Å²) >= 11 is 8.74. The fourth-order valence-corrected chi connectivity index (χ4v) is 4.33. The first-order chi connectivity index (χ1) is 13.6. The molecule has 3 heterocycles. The van der Waals surface area contributed by atoms with Gasteiger partial charge in [0.25, 0.3) is 0 Å². The van der Waals surface area contributed by atoms with E-state index in [1.165, 1.54) is 41.4 Å². The van der Waals surface area contributed by atoms with Gasteiger partial charge in [0.15, 0.2) is 10.8 Å². The van der Waals surface area contributed by atoms with Crippen LogP contribution in [-0.4, -0.2) is 26.6 Å². The van der Waals surface area contributed by atoms with Gasteiger partial charge in [-0.3, -0.25) is 4.79 Å². The van der Waals surface area contributed by atoms with Gasteiger partial charge in [0.1, 0.15) is 5.82 Å². The van der Waals surface area contributed by atoms with Crippen LogP contribution in [0.4, 0.5) is 4.39 Å². The molecule has 0 aliphatic carbocycles. The summed E-state index contributed by atoms with van der Waals surface area (Å²) in [7, 11) is 0. The smallest absolute Gasteiger partial charge is 0.231 e. The molecular formula is C19H14ClFN4OS2. The number of pyridine rings is 1. The van der Waals surface area contributed by atoms with Crippen molar-refractivity contribution in [2.45, 2.75) is 11.2 Å². The molecule has 5 nitrogen and oxygen atoms in total. The third kappa shape index (κ3) is 4.35. The first kappa shape index (κ1) is 18.9. The minimum Gasteiger partial charge on any atom is -0.344 e. The van der Waals surface area contributed by atoms with Crippen LogP contribution in [0.2, 0.25) is 5.02 Å². The predicted molar refractivity (Wildman–Crippen MR) is 110 cm³/mol. The van der Waals surface area contributed by atoms with Gasteiger partial charge in [-0.15, -0.1) is 11.3 Å². The number of hydrogen-bond acceptors (Lipinski definition) is 5.